The van der Waals surface area contributed by atoms with Crippen molar-refractivity contribution in [1.82, 2.24) is 9.80 Å². The quantitative estimate of drug-likeness (QED) is 0.724. The van der Waals surface area contributed by atoms with Crippen molar-refractivity contribution >= 4 is 11.8 Å². The fourth-order valence-corrected chi connectivity index (χ4v) is 4.43. The maximum absolute atomic E-state index is 13.3. The Labute approximate surface area is 182 Å². The minimum Gasteiger partial charge on any atom is -0.454 e. The zero-order valence-corrected chi connectivity index (χ0v) is 17.1. The van der Waals surface area contributed by atoms with Gasteiger partial charge in [-0.3, -0.25) is 9.59 Å². The Morgan fingerprint density at radius 1 is 0.906 bits per heavy atom. The number of benzene rings is 2. The molecule has 3 aliphatic rings. The largest absolute Gasteiger partial charge is 0.454 e. The molecular formula is C23H21F3N2O4. The molecule has 2 fully saturated rings. The average molecular weight is 446 g/mol. The molecule has 1 saturated carbocycles. The monoisotopic (exact) mass is 446 g/mol. The van der Waals surface area contributed by atoms with Crippen LogP contribution in [0.2, 0.25) is 0 Å². The molecule has 32 heavy (non-hydrogen) atoms. The lowest BCUT2D eigenvalue weighted by molar-refractivity contribution is -0.138. The van der Waals surface area contributed by atoms with E-state index < -0.39 is 17.6 Å². The maximum Gasteiger partial charge on any atom is 0.417 e. The Balaban J connectivity index is 1.20. The molecule has 168 valence electrons. The van der Waals surface area contributed by atoms with Crippen LogP contribution in [0.5, 0.6) is 11.5 Å². The molecule has 2 aromatic rings. The molecule has 1 aliphatic carbocycles. The first kappa shape index (κ1) is 20.7. The molecule has 0 radical (unpaired) electrons. The van der Waals surface area contributed by atoms with Gasteiger partial charge in [0, 0.05) is 32.1 Å². The predicted octanol–water partition coefficient (Wildman–Crippen LogP) is 3.52. The number of hydrogen-bond donors (Lipinski definition) is 0. The summed E-state index contributed by atoms with van der Waals surface area (Å²) in [4.78, 5) is 28.7. The van der Waals surface area contributed by atoms with Gasteiger partial charge in [0.2, 0.25) is 12.7 Å². The molecule has 6 nitrogen and oxygen atoms in total. The van der Waals surface area contributed by atoms with Gasteiger partial charge in [-0.25, -0.2) is 0 Å². The Morgan fingerprint density at radius 2 is 1.59 bits per heavy atom. The molecular weight excluding hydrogens is 425 g/mol. The second-order valence-electron chi connectivity index (χ2n) is 8.22. The summed E-state index contributed by atoms with van der Waals surface area (Å²) in [7, 11) is 0. The first-order chi connectivity index (χ1) is 15.3. The number of carbonyl (C=O) groups excluding carboxylic acids is 2. The fourth-order valence-electron chi connectivity index (χ4n) is 4.43. The van der Waals surface area contributed by atoms with Gasteiger partial charge in [0.15, 0.2) is 11.5 Å². The number of amides is 2. The van der Waals surface area contributed by atoms with Crippen LogP contribution in [-0.4, -0.2) is 54.6 Å². The van der Waals surface area contributed by atoms with Crippen molar-refractivity contribution in [2.45, 2.75) is 18.5 Å². The molecule has 2 aliphatic heterocycles. The minimum absolute atomic E-state index is 0.0236. The number of ether oxygens (including phenoxy) is 2. The minimum atomic E-state index is -4.60. The number of halogens is 3. The summed E-state index contributed by atoms with van der Waals surface area (Å²) >= 11 is 0. The fraction of sp³-hybridized carbons (Fsp3) is 0.391. The van der Waals surface area contributed by atoms with E-state index in [1.54, 1.807) is 4.90 Å². The van der Waals surface area contributed by atoms with Gasteiger partial charge in [-0.2, -0.15) is 13.2 Å². The molecule has 9 heteroatoms. The van der Waals surface area contributed by atoms with Gasteiger partial charge in [-0.05, 0) is 42.2 Å². The van der Waals surface area contributed by atoms with Gasteiger partial charge < -0.3 is 19.3 Å². The van der Waals surface area contributed by atoms with Crippen LogP contribution in [0.15, 0.2) is 42.5 Å². The van der Waals surface area contributed by atoms with Crippen LogP contribution in [0.4, 0.5) is 13.2 Å². The second-order valence-corrected chi connectivity index (χ2v) is 8.22. The van der Waals surface area contributed by atoms with Crippen molar-refractivity contribution in [2.75, 3.05) is 33.0 Å². The topological polar surface area (TPSA) is 59.1 Å². The Kier molecular flexibility index (Phi) is 4.98. The Bertz CT molecular complexity index is 1060. The number of rotatable bonds is 3. The van der Waals surface area contributed by atoms with Crippen molar-refractivity contribution < 1.29 is 32.2 Å². The van der Waals surface area contributed by atoms with E-state index in [1.165, 1.54) is 23.1 Å². The van der Waals surface area contributed by atoms with E-state index in [2.05, 4.69) is 0 Å². The van der Waals surface area contributed by atoms with Crippen molar-refractivity contribution in [3.05, 3.63) is 59.2 Å². The van der Waals surface area contributed by atoms with Crippen molar-refractivity contribution in [3.63, 3.8) is 0 Å². The molecule has 1 saturated heterocycles. The third-order valence-corrected chi connectivity index (χ3v) is 6.27. The number of piperazine rings is 1. The molecule has 0 unspecified atom stereocenters. The smallest absolute Gasteiger partial charge is 0.417 e. The zero-order valence-electron chi connectivity index (χ0n) is 17.1. The van der Waals surface area contributed by atoms with E-state index in [9.17, 15) is 22.8 Å². The van der Waals surface area contributed by atoms with Crippen LogP contribution in [0.25, 0.3) is 0 Å². The summed E-state index contributed by atoms with van der Waals surface area (Å²) in [5.74, 6) is 0.751. The van der Waals surface area contributed by atoms with Gasteiger partial charge in [-0.15, -0.1) is 0 Å². The summed E-state index contributed by atoms with van der Waals surface area (Å²) < 4.78 is 50.5. The molecule has 0 bridgehead atoms. The average Bonchev–Trinajstić information content (AvgIpc) is 3.46. The normalized spacial score (nSPS) is 22.1. The zero-order chi connectivity index (χ0) is 22.5. The molecule has 2 heterocycles. The van der Waals surface area contributed by atoms with Crippen LogP contribution >= 0.6 is 0 Å². The highest BCUT2D eigenvalue weighted by molar-refractivity contribution is 5.96. The molecule has 2 atom stereocenters. The molecule has 0 aromatic heterocycles. The number of carbonyl (C=O) groups is 2. The molecule has 5 rings (SSSR count). The second kappa shape index (κ2) is 7.72. The summed E-state index contributed by atoms with van der Waals surface area (Å²) in [5, 5.41) is 0. The van der Waals surface area contributed by atoms with Gasteiger partial charge in [-0.1, -0.05) is 18.2 Å². The third-order valence-electron chi connectivity index (χ3n) is 6.27. The van der Waals surface area contributed by atoms with Crippen molar-refractivity contribution in [3.8, 4) is 11.5 Å². The van der Waals surface area contributed by atoms with E-state index in [-0.39, 0.29) is 43.2 Å². The summed E-state index contributed by atoms with van der Waals surface area (Å²) in [6.45, 7) is 1.23. The number of nitrogens with zero attached hydrogens (tertiary/aromatic N) is 2. The van der Waals surface area contributed by atoms with Crippen LogP contribution in [-0.2, 0) is 11.0 Å². The first-order valence-corrected chi connectivity index (χ1v) is 10.5. The summed E-state index contributed by atoms with van der Waals surface area (Å²) in [6, 6.07) is 10.5. The van der Waals surface area contributed by atoms with E-state index in [4.69, 9.17) is 9.47 Å². The molecule has 2 aromatic carbocycles. The number of alkyl halides is 3. The van der Waals surface area contributed by atoms with Gasteiger partial charge in [0.25, 0.3) is 5.91 Å². The first-order valence-electron chi connectivity index (χ1n) is 10.5. The van der Waals surface area contributed by atoms with Gasteiger partial charge >= 0.3 is 6.18 Å². The molecule has 0 N–H and O–H groups in total. The van der Waals surface area contributed by atoms with Gasteiger partial charge in [0.1, 0.15) is 0 Å². The molecule has 0 spiro atoms. The maximum atomic E-state index is 13.3. The van der Waals surface area contributed by atoms with Gasteiger partial charge in [0.05, 0.1) is 11.1 Å². The highest BCUT2D eigenvalue weighted by Gasteiger charge is 2.46. The lowest BCUT2D eigenvalue weighted by atomic mass is 10.1. The van der Waals surface area contributed by atoms with Crippen LogP contribution in [0.3, 0.4) is 0 Å². The predicted molar refractivity (Wildman–Crippen MR) is 107 cm³/mol. The van der Waals surface area contributed by atoms with Crippen molar-refractivity contribution in [1.29, 1.82) is 0 Å². The standard InChI is InChI=1S/C23H21F3N2O4/c24-23(25,26)18-4-2-1-3-15(18)21(29)27-7-9-28(10-8-27)22(30)17-12-16(17)14-5-6-19-20(11-14)32-13-31-19/h1-6,11,16-17H,7-10,12-13H2/t16-,17+/m0/s1. The van der Waals surface area contributed by atoms with E-state index in [0.29, 0.717) is 24.6 Å². The number of fused-ring (bicyclic) bond motifs is 1. The van der Waals surface area contributed by atoms with E-state index in [1.807, 2.05) is 18.2 Å². The van der Waals surface area contributed by atoms with E-state index >= 15 is 0 Å². The Morgan fingerprint density at radius 3 is 2.34 bits per heavy atom. The van der Waals surface area contributed by atoms with Crippen LogP contribution in [0, 0.1) is 5.92 Å². The highest BCUT2D eigenvalue weighted by Crippen LogP contribution is 2.50. The van der Waals surface area contributed by atoms with Crippen LogP contribution < -0.4 is 9.47 Å². The summed E-state index contributed by atoms with van der Waals surface area (Å²) in [6.07, 6.45) is -3.85. The third kappa shape index (κ3) is 3.76. The summed E-state index contributed by atoms with van der Waals surface area (Å²) in [5.41, 5.74) is -0.261. The molecule has 2 amide bonds. The van der Waals surface area contributed by atoms with Crippen LogP contribution in [0.1, 0.15) is 33.8 Å². The lowest BCUT2D eigenvalue weighted by Gasteiger charge is -2.35. The number of hydrogen-bond acceptors (Lipinski definition) is 4. The lowest BCUT2D eigenvalue weighted by Crippen LogP contribution is -2.51. The SMILES string of the molecule is O=C(c1ccccc1C(F)(F)F)N1CCN(C(=O)[C@@H]2C[C@H]2c2ccc3c(c2)OCO3)CC1. The van der Waals surface area contributed by atoms with Crippen molar-refractivity contribution in [2.24, 2.45) is 5.92 Å². The Hall–Kier alpha value is -3.23. The van der Waals surface area contributed by atoms with E-state index in [0.717, 1.165) is 18.1 Å². The highest BCUT2D eigenvalue weighted by atomic mass is 19.4.